The van der Waals surface area contributed by atoms with Crippen molar-refractivity contribution >= 4 is 17.6 Å². The molecule has 7 heteroatoms. The normalized spacial score (nSPS) is 12.0. The van der Waals surface area contributed by atoms with Gasteiger partial charge in [0.15, 0.2) is 0 Å². The van der Waals surface area contributed by atoms with E-state index in [1.807, 2.05) is 0 Å². The number of aliphatic carboxylic acids is 1. The van der Waals surface area contributed by atoms with E-state index in [0.717, 1.165) is 0 Å². The fourth-order valence-electron chi connectivity index (χ4n) is 1.91. The van der Waals surface area contributed by atoms with Crippen molar-refractivity contribution in [2.45, 2.75) is 20.8 Å². The molecule has 0 heterocycles. The molecule has 0 fully saturated rings. The molecule has 0 saturated heterocycles. The summed E-state index contributed by atoms with van der Waals surface area (Å²) < 4.78 is 0. The highest BCUT2D eigenvalue weighted by Gasteiger charge is 2.22. The number of carbonyl (C=O) groups is 2. The highest BCUT2D eigenvalue weighted by Crippen LogP contribution is 2.19. The van der Waals surface area contributed by atoms with Crippen LogP contribution in [0.3, 0.4) is 0 Å². The van der Waals surface area contributed by atoms with Gasteiger partial charge in [0.1, 0.15) is 0 Å². The summed E-state index contributed by atoms with van der Waals surface area (Å²) in [6.45, 7) is 5.09. The largest absolute Gasteiger partial charge is 0.481 e. The molecule has 1 rings (SSSR count). The number of aryl methyl sites for hydroxylation is 1. The van der Waals surface area contributed by atoms with E-state index in [1.54, 1.807) is 20.8 Å². The van der Waals surface area contributed by atoms with Crippen LogP contribution in [0, 0.1) is 28.9 Å². The summed E-state index contributed by atoms with van der Waals surface area (Å²) in [7, 11) is 0. The Morgan fingerprint density at radius 3 is 2.43 bits per heavy atom. The molecule has 2 N–H and O–H groups in total. The van der Waals surface area contributed by atoms with Gasteiger partial charge in [0.05, 0.1) is 10.8 Å². The molecule has 1 aromatic rings. The van der Waals surface area contributed by atoms with Crippen molar-refractivity contribution in [2.24, 2.45) is 11.8 Å². The van der Waals surface area contributed by atoms with E-state index in [4.69, 9.17) is 5.11 Å². The van der Waals surface area contributed by atoms with E-state index in [-0.39, 0.29) is 23.7 Å². The Morgan fingerprint density at radius 1 is 1.38 bits per heavy atom. The molecule has 0 aliphatic rings. The number of hydrogen-bond acceptors (Lipinski definition) is 4. The summed E-state index contributed by atoms with van der Waals surface area (Å²) in [5.74, 6) is -2.19. The number of hydrogen-bond donors (Lipinski definition) is 2. The van der Waals surface area contributed by atoms with Gasteiger partial charge in [-0.05, 0) is 25.0 Å². The first-order chi connectivity index (χ1) is 9.73. The van der Waals surface area contributed by atoms with Crippen LogP contribution in [-0.2, 0) is 4.79 Å². The van der Waals surface area contributed by atoms with Gasteiger partial charge in [-0.2, -0.15) is 0 Å². The van der Waals surface area contributed by atoms with Crippen molar-refractivity contribution in [3.63, 3.8) is 0 Å². The van der Waals surface area contributed by atoms with E-state index in [9.17, 15) is 19.7 Å². The average Bonchev–Trinajstić information content (AvgIpc) is 2.37. The molecule has 0 radical (unpaired) electrons. The summed E-state index contributed by atoms with van der Waals surface area (Å²) in [5, 5.41) is 22.3. The van der Waals surface area contributed by atoms with Crippen molar-refractivity contribution in [3.8, 4) is 0 Å². The van der Waals surface area contributed by atoms with E-state index in [0.29, 0.717) is 5.56 Å². The predicted octanol–water partition coefficient (Wildman–Crippen LogP) is 1.99. The quantitative estimate of drug-likeness (QED) is 0.616. The number of nitro groups is 1. The first-order valence-corrected chi connectivity index (χ1v) is 6.50. The second kappa shape index (κ2) is 6.83. The molecule has 1 amide bonds. The highest BCUT2D eigenvalue weighted by molar-refractivity contribution is 5.94. The van der Waals surface area contributed by atoms with Crippen LogP contribution in [0.15, 0.2) is 18.2 Å². The minimum absolute atomic E-state index is 0.0157. The Hall–Kier alpha value is -2.44. The Kier molecular flexibility index (Phi) is 5.40. The van der Waals surface area contributed by atoms with Gasteiger partial charge in [0.2, 0.25) is 0 Å². The van der Waals surface area contributed by atoms with Crippen LogP contribution in [-0.4, -0.2) is 28.5 Å². The number of nitro benzene ring substituents is 1. The van der Waals surface area contributed by atoms with Crippen molar-refractivity contribution in [1.29, 1.82) is 0 Å². The lowest BCUT2D eigenvalue weighted by molar-refractivity contribution is -0.385. The molecule has 0 aromatic heterocycles. The zero-order chi connectivity index (χ0) is 16.2. The van der Waals surface area contributed by atoms with Crippen molar-refractivity contribution in [1.82, 2.24) is 5.32 Å². The van der Waals surface area contributed by atoms with Gasteiger partial charge in [0.25, 0.3) is 11.6 Å². The van der Waals surface area contributed by atoms with Gasteiger partial charge in [0, 0.05) is 23.7 Å². The Balaban J connectivity index is 2.79. The maximum Gasteiger partial charge on any atom is 0.308 e. The molecule has 0 bridgehead atoms. The van der Waals surface area contributed by atoms with E-state index in [2.05, 4.69) is 5.32 Å². The van der Waals surface area contributed by atoms with Crippen molar-refractivity contribution in [2.75, 3.05) is 6.54 Å². The number of amides is 1. The van der Waals surface area contributed by atoms with Crippen LogP contribution in [0.1, 0.15) is 29.8 Å². The Labute approximate surface area is 122 Å². The lowest BCUT2D eigenvalue weighted by Crippen LogP contribution is -2.35. The maximum atomic E-state index is 12.0. The third kappa shape index (κ3) is 4.27. The standard InChI is InChI=1S/C14H18N2O5/c1-8(2)11(14(18)19)7-15-13(17)10-4-5-12(16(20)21)9(3)6-10/h4-6,8,11H,7H2,1-3H3,(H,15,17)(H,18,19). The van der Waals surface area contributed by atoms with Crippen LogP contribution in [0.5, 0.6) is 0 Å². The molecular weight excluding hydrogens is 276 g/mol. The van der Waals surface area contributed by atoms with Crippen molar-refractivity contribution in [3.05, 3.63) is 39.4 Å². The molecule has 0 aliphatic heterocycles. The van der Waals surface area contributed by atoms with E-state index >= 15 is 0 Å². The number of carbonyl (C=O) groups excluding carboxylic acids is 1. The SMILES string of the molecule is Cc1cc(C(=O)NCC(C(=O)O)C(C)C)ccc1[N+](=O)[O-]. The van der Waals surface area contributed by atoms with Gasteiger partial charge < -0.3 is 10.4 Å². The number of rotatable bonds is 6. The molecule has 7 nitrogen and oxygen atoms in total. The number of benzene rings is 1. The lowest BCUT2D eigenvalue weighted by atomic mass is 9.96. The first kappa shape index (κ1) is 16.6. The van der Waals surface area contributed by atoms with E-state index < -0.39 is 22.7 Å². The summed E-state index contributed by atoms with van der Waals surface area (Å²) >= 11 is 0. The highest BCUT2D eigenvalue weighted by atomic mass is 16.6. The molecule has 0 spiro atoms. The van der Waals surface area contributed by atoms with Crippen LogP contribution < -0.4 is 5.32 Å². The van der Waals surface area contributed by atoms with Gasteiger partial charge in [-0.15, -0.1) is 0 Å². The molecule has 0 saturated carbocycles. The number of carboxylic acid groups (broad SMARTS) is 1. The second-order valence-corrected chi connectivity index (χ2v) is 5.16. The fraction of sp³-hybridized carbons (Fsp3) is 0.429. The molecule has 21 heavy (non-hydrogen) atoms. The predicted molar refractivity (Wildman–Crippen MR) is 76.1 cm³/mol. The van der Waals surface area contributed by atoms with Crippen LogP contribution in [0.2, 0.25) is 0 Å². The molecule has 114 valence electrons. The first-order valence-electron chi connectivity index (χ1n) is 6.50. The average molecular weight is 294 g/mol. The molecule has 1 aromatic carbocycles. The van der Waals surface area contributed by atoms with Crippen molar-refractivity contribution < 1.29 is 19.6 Å². The molecular formula is C14H18N2O5. The van der Waals surface area contributed by atoms with Crippen LogP contribution >= 0.6 is 0 Å². The van der Waals surface area contributed by atoms with Gasteiger partial charge in [-0.25, -0.2) is 0 Å². The molecule has 1 unspecified atom stereocenters. The minimum atomic E-state index is -0.967. The smallest absolute Gasteiger partial charge is 0.308 e. The summed E-state index contributed by atoms with van der Waals surface area (Å²) in [4.78, 5) is 33.2. The van der Waals surface area contributed by atoms with Gasteiger partial charge >= 0.3 is 5.97 Å². The Bertz CT molecular complexity index is 568. The summed E-state index contributed by atoms with van der Waals surface area (Å²) in [6, 6.07) is 4.03. The minimum Gasteiger partial charge on any atom is -0.481 e. The number of nitrogens with zero attached hydrogens (tertiary/aromatic N) is 1. The zero-order valence-electron chi connectivity index (χ0n) is 12.1. The fourth-order valence-corrected chi connectivity index (χ4v) is 1.91. The van der Waals surface area contributed by atoms with E-state index in [1.165, 1.54) is 18.2 Å². The molecule has 1 atom stereocenters. The maximum absolute atomic E-state index is 12.0. The lowest BCUT2D eigenvalue weighted by Gasteiger charge is -2.16. The zero-order valence-corrected chi connectivity index (χ0v) is 12.1. The summed E-state index contributed by atoms with van der Waals surface area (Å²) in [5.41, 5.74) is 0.592. The number of carboxylic acids is 1. The topological polar surface area (TPSA) is 110 Å². The summed E-state index contributed by atoms with van der Waals surface area (Å²) in [6.07, 6.45) is 0. The monoisotopic (exact) mass is 294 g/mol. The Morgan fingerprint density at radius 2 is 2.00 bits per heavy atom. The third-order valence-electron chi connectivity index (χ3n) is 3.26. The second-order valence-electron chi connectivity index (χ2n) is 5.16. The number of nitrogens with one attached hydrogen (secondary N) is 1. The molecule has 0 aliphatic carbocycles. The van der Waals surface area contributed by atoms with Gasteiger partial charge in [-0.3, -0.25) is 19.7 Å². The third-order valence-corrected chi connectivity index (χ3v) is 3.26. The van der Waals surface area contributed by atoms with Gasteiger partial charge in [-0.1, -0.05) is 13.8 Å². The van der Waals surface area contributed by atoms with Crippen LogP contribution in [0.4, 0.5) is 5.69 Å². The van der Waals surface area contributed by atoms with Crippen LogP contribution in [0.25, 0.3) is 0 Å².